The molecule has 1 unspecified atom stereocenters. The lowest BCUT2D eigenvalue weighted by atomic mass is 10.1. The molecule has 0 radical (unpaired) electrons. The molecule has 0 bridgehead atoms. The summed E-state index contributed by atoms with van der Waals surface area (Å²) in [7, 11) is 0. The highest BCUT2D eigenvalue weighted by Crippen LogP contribution is 2.35. The Balaban J connectivity index is 1.40. The van der Waals surface area contributed by atoms with Crippen molar-refractivity contribution in [2.24, 2.45) is 0 Å². The maximum atomic E-state index is 13.2. The third-order valence-corrected chi connectivity index (χ3v) is 5.77. The van der Waals surface area contributed by atoms with E-state index < -0.39 is 0 Å². The Labute approximate surface area is 179 Å². The molecule has 5 nitrogen and oxygen atoms in total. The number of nitrogens with one attached hydrogen (secondary N) is 1. The van der Waals surface area contributed by atoms with Gasteiger partial charge in [0.05, 0.1) is 0 Å². The quantitative estimate of drug-likeness (QED) is 0.426. The molecule has 1 atom stereocenters. The molecule has 6 heteroatoms. The average Bonchev–Trinajstić information content (AvgIpc) is 3.42. The second-order valence-corrected chi connectivity index (χ2v) is 7.84. The topological polar surface area (TPSA) is 58.4 Å². The Morgan fingerprint density at radius 2 is 1.87 bits per heavy atom. The summed E-state index contributed by atoms with van der Waals surface area (Å²) in [5, 5.41) is 3.01. The molecule has 31 heavy (non-hydrogen) atoms. The number of urea groups is 1. The Morgan fingerprint density at radius 3 is 2.68 bits per heavy atom. The van der Waals surface area contributed by atoms with E-state index in [0.29, 0.717) is 18.0 Å². The van der Waals surface area contributed by atoms with E-state index in [-0.39, 0.29) is 17.9 Å². The van der Waals surface area contributed by atoms with Crippen molar-refractivity contribution in [3.8, 4) is 11.1 Å². The molecule has 1 aliphatic heterocycles. The summed E-state index contributed by atoms with van der Waals surface area (Å²) in [6.45, 7) is 2.62. The summed E-state index contributed by atoms with van der Waals surface area (Å²) in [5.74, 6) is 0.280. The molecule has 1 fully saturated rings. The monoisotopic (exact) mass is 415 g/mol. The van der Waals surface area contributed by atoms with Gasteiger partial charge in [0.1, 0.15) is 17.4 Å². The van der Waals surface area contributed by atoms with Gasteiger partial charge in [-0.2, -0.15) is 0 Å². The highest BCUT2D eigenvalue weighted by molar-refractivity contribution is 5.90. The van der Waals surface area contributed by atoms with Gasteiger partial charge in [0.2, 0.25) is 5.89 Å². The molecule has 2 amide bonds. The number of hydrogen-bond acceptors (Lipinski definition) is 3. The fraction of sp³-hybridized carbons (Fsp3) is 0.200. The van der Waals surface area contributed by atoms with Crippen molar-refractivity contribution in [2.45, 2.75) is 25.8 Å². The van der Waals surface area contributed by atoms with Crippen LogP contribution in [0.15, 0.2) is 71.1 Å². The highest BCUT2D eigenvalue weighted by atomic mass is 19.1. The summed E-state index contributed by atoms with van der Waals surface area (Å²) in [5.41, 5.74) is 5.07. The third-order valence-electron chi connectivity index (χ3n) is 5.77. The molecule has 2 heterocycles. The van der Waals surface area contributed by atoms with Crippen LogP contribution < -0.4 is 5.32 Å². The predicted molar refractivity (Wildman–Crippen MR) is 118 cm³/mol. The number of aryl methyl sites for hydroxylation is 1. The molecule has 0 spiro atoms. The fourth-order valence-electron chi connectivity index (χ4n) is 4.08. The first-order valence-corrected chi connectivity index (χ1v) is 10.4. The molecular weight excluding hydrogens is 393 g/mol. The summed E-state index contributed by atoms with van der Waals surface area (Å²) in [6, 6.07) is 19.5. The van der Waals surface area contributed by atoms with E-state index in [1.807, 2.05) is 49.4 Å². The molecule has 1 saturated heterocycles. The first-order chi connectivity index (χ1) is 15.1. The van der Waals surface area contributed by atoms with Crippen LogP contribution in [0.1, 0.15) is 30.3 Å². The lowest BCUT2D eigenvalue weighted by Gasteiger charge is -2.23. The number of fused-ring (bicyclic) bond motifs is 1. The van der Waals surface area contributed by atoms with E-state index in [0.717, 1.165) is 40.7 Å². The van der Waals surface area contributed by atoms with Gasteiger partial charge < -0.3 is 14.6 Å². The van der Waals surface area contributed by atoms with Crippen LogP contribution in [0.5, 0.6) is 0 Å². The first-order valence-electron chi connectivity index (χ1n) is 10.4. The van der Waals surface area contributed by atoms with Gasteiger partial charge in [0, 0.05) is 12.2 Å². The molecule has 0 saturated carbocycles. The standard InChI is InChI=1S/C25H22FN3O2/c1-16-5-2-3-6-20(16)28-25(30)29-14-4-7-22(29)24-27-21-15-18(10-13-23(21)31-24)17-8-11-19(26)12-9-17/h2-3,5-6,8-13,15,22H,4,7,14H2,1H3,(H,28,30). The minimum atomic E-state index is -0.265. The molecule has 1 N–H and O–H groups in total. The van der Waals surface area contributed by atoms with Gasteiger partial charge in [-0.3, -0.25) is 0 Å². The molecule has 3 aromatic carbocycles. The van der Waals surface area contributed by atoms with Crippen molar-refractivity contribution in [1.82, 2.24) is 9.88 Å². The molecular formula is C25H22FN3O2. The number of likely N-dealkylation sites (tertiary alicyclic amines) is 1. The van der Waals surface area contributed by atoms with E-state index >= 15 is 0 Å². The smallest absolute Gasteiger partial charge is 0.322 e. The van der Waals surface area contributed by atoms with E-state index in [1.165, 1.54) is 12.1 Å². The van der Waals surface area contributed by atoms with Gasteiger partial charge in [-0.1, -0.05) is 36.4 Å². The van der Waals surface area contributed by atoms with Crippen LogP contribution >= 0.6 is 0 Å². The number of amides is 2. The van der Waals surface area contributed by atoms with Crippen molar-refractivity contribution < 1.29 is 13.6 Å². The Hall–Kier alpha value is -3.67. The largest absolute Gasteiger partial charge is 0.438 e. The maximum absolute atomic E-state index is 13.2. The number of para-hydroxylation sites is 1. The number of carbonyl (C=O) groups is 1. The normalized spacial score (nSPS) is 16.1. The number of benzene rings is 3. The van der Waals surface area contributed by atoms with E-state index in [9.17, 15) is 9.18 Å². The number of halogens is 1. The zero-order valence-electron chi connectivity index (χ0n) is 17.1. The first kappa shape index (κ1) is 19.3. The number of aromatic nitrogens is 1. The Kier molecular flexibility index (Phi) is 4.90. The predicted octanol–water partition coefficient (Wildman–Crippen LogP) is 6.31. The molecule has 4 aromatic rings. The van der Waals surface area contributed by atoms with E-state index in [2.05, 4.69) is 5.32 Å². The zero-order valence-corrected chi connectivity index (χ0v) is 17.1. The van der Waals surface area contributed by atoms with Crippen molar-refractivity contribution in [3.05, 3.63) is 84.0 Å². The minimum absolute atomic E-state index is 0.147. The number of anilines is 1. The van der Waals surface area contributed by atoms with Crippen molar-refractivity contribution in [3.63, 3.8) is 0 Å². The summed E-state index contributed by atoms with van der Waals surface area (Å²) in [6.07, 6.45) is 1.70. The van der Waals surface area contributed by atoms with E-state index in [4.69, 9.17) is 9.40 Å². The van der Waals surface area contributed by atoms with Crippen molar-refractivity contribution >= 4 is 22.8 Å². The highest BCUT2D eigenvalue weighted by Gasteiger charge is 2.33. The lowest BCUT2D eigenvalue weighted by Crippen LogP contribution is -2.34. The second-order valence-electron chi connectivity index (χ2n) is 7.84. The van der Waals surface area contributed by atoms with Crippen molar-refractivity contribution in [2.75, 3.05) is 11.9 Å². The van der Waals surface area contributed by atoms with Crippen LogP contribution in [0.4, 0.5) is 14.9 Å². The van der Waals surface area contributed by atoms with Gasteiger partial charge in [-0.15, -0.1) is 0 Å². The van der Waals surface area contributed by atoms with Crippen LogP contribution in [-0.4, -0.2) is 22.5 Å². The maximum Gasteiger partial charge on any atom is 0.322 e. The van der Waals surface area contributed by atoms with Crippen LogP contribution in [0.3, 0.4) is 0 Å². The lowest BCUT2D eigenvalue weighted by molar-refractivity contribution is 0.199. The molecule has 5 rings (SSSR count). The SMILES string of the molecule is Cc1ccccc1NC(=O)N1CCCC1c1nc2cc(-c3ccc(F)cc3)ccc2o1. The van der Waals surface area contributed by atoms with Gasteiger partial charge >= 0.3 is 6.03 Å². The Morgan fingerprint density at radius 1 is 1.10 bits per heavy atom. The fourth-order valence-corrected chi connectivity index (χ4v) is 4.08. The Bertz CT molecular complexity index is 1250. The van der Waals surface area contributed by atoms with Crippen LogP contribution in [0, 0.1) is 12.7 Å². The number of carbonyl (C=O) groups excluding carboxylic acids is 1. The zero-order chi connectivity index (χ0) is 21.4. The summed E-state index contributed by atoms with van der Waals surface area (Å²) in [4.78, 5) is 19.4. The number of hydrogen-bond donors (Lipinski definition) is 1. The number of nitrogens with zero attached hydrogens (tertiary/aromatic N) is 2. The van der Waals surface area contributed by atoms with Crippen LogP contribution in [0.2, 0.25) is 0 Å². The van der Waals surface area contributed by atoms with Crippen molar-refractivity contribution in [1.29, 1.82) is 0 Å². The third kappa shape index (κ3) is 3.77. The average molecular weight is 415 g/mol. The van der Waals surface area contributed by atoms with Gasteiger partial charge in [0.15, 0.2) is 5.58 Å². The van der Waals surface area contributed by atoms with Gasteiger partial charge in [-0.25, -0.2) is 14.2 Å². The molecule has 1 aliphatic rings. The summed E-state index contributed by atoms with van der Waals surface area (Å²) < 4.78 is 19.3. The number of rotatable bonds is 3. The van der Waals surface area contributed by atoms with Gasteiger partial charge in [-0.05, 0) is 66.8 Å². The van der Waals surface area contributed by atoms with Crippen LogP contribution in [-0.2, 0) is 0 Å². The minimum Gasteiger partial charge on any atom is -0.438 e. The molecule has 0 aliphatic carbocycles. The van der Waals surface area contributed by atoms with Crippen LogP contribution in [0.25, 0.3) is 22.2 Å². The molecule has 156 valence electrons. The van der Waals surface area contributed by atoms with E-state index in [1.54, 1.807) is 17.0 Å². The molecule has 1 aromatic heterocycles. The second kappa shape index (κ2) is 7.87. The van der Waals surface area contributed by atoms with Gasteiger partial charge in [0.25, 0.3) is 0 Å². The number of oxazole rings is 1. The summed E-state index contributed by atoms with van der Waals surface area (Å²) >= 11 is 0.